The van der Waals surface area contributed by atoms with Crippen LogP contribution >= 0.6 is 0 Å². The van der Waals surface area contributed by atoms with E-state index >= 15 is 0 Å². The second kappa shape index (κ2) is 7.72. The monoisotopic (exact) mass is 240 g/mol. The Balaban J connectivity index is 3.85. The minimum Gasteiger partial charge on any atom is -0.462 e. The average Bonchev–Trinajstić information content (AvgIpc) is 2.25. The summed E-state index contributed by atoms with van der Waals surface area (Å²) in [5.41, 5.74) is 0. The minimum atomic E-state index is -0.562. The van der Waals surface area contributed by atoms with Crippen molar-refractivity contribution in [2.45, 2.75) is 52.7 Å². The molecule has 96 valence electrons. The molecule has 0 radical (unpaired) electrons. The van der Waals surface area contributed by atoms with Crippen LogP contribution in [0.15, 0.2) is 0 Å². The fraction of sp³-hybridized carbons (Fsp3) is 0.692. The van der Waals surface area contributed by atoms with Crippen LogP contribution in [0.4, 0.5) is 0 Å². The maximum absolute atomic E-state index is 11.3. The highest BCUT2D eigenvalue weighted by Gasteiger charge is 2.15. The third-order valence-electron chi connectivity index (χ3n) is 2.33. The second-order valence-corrected chi connectivity index (χ2v) is 4.24. The van der Waals surface area contributed by atoms with Crippen LogP contribution in [0, 0.1) is 18.3 Å². The standard InChI is InChI=1S/C13H20O4/c1-6-10(4)16-12(14)7-8-13(15)17-11(5)9(2)3/h1,9-11H,7-8H2,2-5H3. The highest BCUT2D eigenvalue weighted by molar-refractivity contribution is 5.77. The van der Waals surface area contributed by atoms with E-state index in [1.54, 1.807) is 6.92 Å². The van der Waals surface area contributed by atoms with Gasteiger partial charge in [0.15, 0.2) is 6.10 Å². The lowest BCUT2D eigenvalue weighted by atomic mass is 10.1. The van der Waals surface area contributed by atoms with Gasteiger partial charge in [0, 0.05) is 0 Å². The highest BCUT2D eigenvalue weighted by atomic mass is 16.5. The molecule has 0 amide bonds. The number of hydrogen-bond acceptors (Lipinski definition) is 4. The molecule has 17 heavy (non-hydrogen) atoms. The molecule has 0 saturated carbocycles. The number of carbonyl (C=O) groups excluding carboxylic acids is 2. The normalized spacial score (nSPS) is 13.6. The van der Waals surface area contributed by atoms with Gasteiger partial charge in [0.25, 0.3) is 0 Å². The van der Waals surface area contributed by atoms with Crippen molar-refractivity contribution in [3.05, 3.63) is 0 Å². The van der Waals surface area contributed by atoms with Crippen molar-refractivity contribution in [1.29, 1.82) is 0 Å². The van der Waals surface area contributed by atoms with E-state index in [9.17, 15) is 9.59 Å². The number of rotatable bonds is 6. The van der Waals surface area contributed by atoms with Gasteiger partial charge in [-0.25, -0.2) is 0 Å². The summed E-state index contributed by atoms with van der Waals surface area (Å²) in [7, 11) is 0. The van der Waals surface area contributed by atoms with E-state index in [1.165, 1.54) is 0 Å². The molecule has 0 aliphatic carbocycles. The van der Waals surface area contributed by atoms with Crippen LogP contribution in [-0.2, 0) is 19.1 Å². The van der Waals surface area contributed by atoms with Gasteiger partial charge in [-0.05, 0) is 19.8 Å². The molecule has 0 aromatic carbocycles. The first-order valence-corrected chi connectivity index (χ1v) is 5.72. The Kier molecular flexibility index (Phi) is 7.04. The van der Waals surface area contributed by atoms with Gasteiger partial charge >= 0.3 is 11.9 Å². The quantitative estimate of drug-likeness (QED) is 0.525. The fourth-order valence-corrected chi connectivity index (χ4v) is 0.897. The summed E-state index contributed by atoms with van der Waals surface area (Å²) in [5.74, 6) is 1.65. The Bertz CT molecular complexity index is 301. The van der Waals surface area contributed by atoms with Crippen molar-refractivity contribution in [2.24, 2.45) is 5.92 Å². The number of carbonyl (C=O) groups is 2. The number of hydrogen-bond donors (Lipinski definition) is 0. The molecular formula is C13H20O4. The third-order valence-corrected chi connectivity index (χ3v) is 2.33. The summed E-state index contributed by atoms with van der Waals surface area (Å²) in [6, 6.07) is 0. The first-order valence-electron chi connectivity index (χ1n) is 5.72. The van der Waals surface area contributed by atoms with Gasteiger partial charge in [0.2, 0.25) is 0 Å². The predicted molar refractivity (Wildman–Crippen MR) is 64.0 cm³/mol. The van der Waals surface area contributed by atoms with Gasteiger partial charge < -0.3 is 9.47 Å². The van der Waals surface area contributed by atoms with Crippen LogP contribution < -0.4 is 0 Å². The highest BCUT2D eigenvalue weighted by Crippen LogP contribution is 2.07. The molecule has 0 spiro atoms. The third kappa shape index (κ3) is 7.40. The smallest absolute Gasteiger partial charge is 0.307 e. The molecule has 0 aliphatic rings. The van der Waals surface area contributed by atoms with Crippen LogP contribution in [0.3, 0.4) is 0 Å². The Morgan fingerprint density at radius 1 is 1.06 bits per heavy atom. The largest absolute Gasteiger partial charge is 0.462 e. The minimum absolute atomic E-state index is 0.00430. The fourth-order valence-electron chi connectivity index (χ4n) is 0.897. The number of ether oxygens (including phenoxy) is 2. The summed E-state index contributed by atoms with van der Waals surface area (Å²) in [6.07, 6.45) is 4.36. The lowest BCUT2D eigenvalue weighted by Crippen LogP contribution is -2.21. The first-order chi connectivity index (χ1) is 7.86. The van der Waals surface area contributed by atoms with Crippen LogP contribution in [-0.4, -0.2) is 24.1 Å². The van der Waals surface area contributed by atoms with Gasteiger partial charge in [-0.15, -0.1) is 6.42 Å². The van der Waals surface area contributed by atoms with E-state index in [-0.39, 0.29) is 24.9 Å². The lowest BCUT2D eigenvalue weighted by molar-refractivity contribution is -0.155. The predicted octanol–water partition coefficient (Wildman–Crippen LogP) is 1.92. The molecule has 2 unspecified atom stereocenters. The van der Waals surface area contributed by atoms with E-state index in [1.807, 2.05) is 20.8 Å². The zero-order valence-electron chi connectivity index (χ0n) is 10.9. The van der Waals surface area contributed by atoms with Gasteiger partial charge in [0.1, 0.15) is 6.10 Å². The SMILES string of the molecule is C#CC(C)OC(=O)CCC(=O)OC(C)C(C)C. The zero-order chi connectivity index (χ0) is 13.4. The lowest BCUT2D eigenvalue weighted by Gasteiger charge is -2.16. The molecule has 0 aromatic heterocycles. The van der Waals surface area contributed by atoms with Crippen molar-refractivity contribution in [2.75, 3.05) is 0 Å². The Morgan fingerprint density at radius 3 is 1.94 bits per heavy atom. The molecule has 0 N–H and O–H groups in total. The maximum Gasteiger partial charge on any atom is 0.307 e. The molecule has 0 bridgehead atoms. The van der Waals surface area contributed by atoms with Crippen molar-refractivity contribution in [3.8, 4) is 12.3 Å². The molecular weight excluding hydrogens is 220 g/mol. The summed E-state index contributed by atoms with van der Waals surface area (Å²) < 4.78 is 9.93. The Hall–Kier alpha value is -1.50. The average molecular weight is 240 g/mol. The molecule has 0 aromatic rings. The van der Waals surface area contributed by atoms with E-state index < -0.39 is 18.0 Å². The summed E-state index contributed by atoms with van der Waals surface area (Å²) in [5, 5.41) is 0. The molecule has 0 aliphatic heterocycles. The Morgan fingerprint density at radius 2 is 1.53 bits per heavy atom. The van der Waals surface area contributed by atoms with E-state index in [2.05, 4.69) is 5.92 Å². The molecule has 0 rings (SSSR count). The van der Waals surface area contributed by atoms with Crippen molar-refractivity contribution in [3.63, 3.8) is 0 Å². The first kappa shape index (κ1) is 15.5. The molecule has 4 nitrogen and oxygen atoms in total. The number of esters is 2. The van der Waals surface area contributed by atoms with Gasteiger partial charge in [-0.2, -0.15) is 0 Å². The van der Waals surface area contributed by atoms with Crippen LogP contribution in [0.1, 0.15) is 40.5 Å². The van der Waals surface area contributed by atoms with E-state index in [0.717, 1.165) is 0 Å². The molecule has 0 fully saturated rings. The maximum atomic E-state index is 11.3. The summed E-state index contributed by atoms with van der Waals surface area (Å²) in [4.78, 5) is 22.6. The van der Waals surface area contributed by atoms with Gasteiger partial charge in [-0.3, -0.25) is 9.59 Å². The summed E-state index contributed by atoms with van der Waals surface area (Å²) >= 11 is 0. The Labute approximate surface area is 103 Å². The summed E-state index contributed by atoms with van der Waals surface area (Å²) in [6.45, 7) is 7.33. The zero-order valence-corrected chi connectivity index (χ0v) is 10.9. The molecule has 0 heterocycles. The van der Waals surface area contributed by atoms with Crippen LogP contribution in [0.25, 0.3) is 0 Å². The molecule has 4 heteroatoms. The van der Waals surface area contributed by atoms with Crippen molar-refractivity contribution >= 4 is 11.9 Å². The van der Waals surface area contributed by atoms with Crippen LogP contribution in [0.2, 0.25) is 0 Å². The van der Waals surface area contributed by atoms with E-state index in [4.69, 9.17) is 15.9 Å². The number of terminal acetylenes is 1. The topological polar surface area (TPSA) is 52.6 Å². The molecule has 2 atom stereocenters. The second-order valence-electron chi connectivity index (χ2n) is 4.24. The van der Waals surface area contributed by atoms with Crippen molar-refractivity contribution in [1.82, 2.24) is 0 Å². The van der Waals surface area contributed by atoms with Gasteiger partial charge in [0.05, 0.1) is 12.8 Å². The van der Waals surface area contributed by atoms with Crippen LogP contribution in [0.5, 0.6) is 0 Å². The van der Waals surface area contributed by atoms with Crippen molar-refractivity contribution < 1.29 is 19.1 Å². The van der Waals surface area contributed by atoms with E-state index in [0.29, 0.717) is 0 Å². The molecule has 0 saturated heterocycles. The van der Waals surface area contributed by atoms with Gasteiger partial charge in [-0.1, -0.05) is 19.8 Å².